The SMILES string of the molecule is CC(=O)[O-].CC(=O)[O-].CNCC(=O)O.CNCC(=O)O.[Na+].[Na+]. The third-order valence-corrected chi connectivity index (χ3v) is 0.656. The predicted octanol–water partition coefficient (Wildman–Crippen LogP) is -9.90. The van der Waals surface area contributed by atoms with Crippen LogP contribution in [0.25, 0.3) is 0 Å². The quantitative estimate of drug-likeness (QED) is 0.358. The Bertz CT molecular complexity index is 254. The summed E-state index contributed by atoms with van der Waals surface area (Å²) >= 11 is 0. The van der Waals surface area contributed by atoms with Crippen LogP contribution in [0, 0.1) is 0 Å². The molecule has 0 aliphatic rings. The maximum atomic E-state index is 9.54. The number of hydrogen-bond acceptors (Lipinski definition) is 8. The molecular weight excluding hydrogens is 322 g/mol. The predicted molar refractivity (Wildman–Crippen MR) is 64.5 cm³/mol. The molecule has 0 saturated carbocycles. The van der Waals surface area contributed by atoms with Crippen molar-refractivity contribution in [2.24, 2.45) is 0 Å². The Morgan fingerprint density at radius 2 is 0.909 bits per heavy atom. The van der Waals surface area contributed by atoms with Crippen LogP contribution in [0.1, 0.15) is 13.8 Å². The summed E-state index contributed by atoms with van der Waals surface area (Å²) in [6.45, 7) is 2.03. The minimum Gasteiger partial charge on any atom is -0.550 e. The van der Waals surface area contributed by atoms with Crippen molar-refractivity contribution >= 4 is 23.9 Å². The molecule has 0 atom stereocenters. The molecule has 0 bridgehead atoms. The van der Waals surface area contributed by atoms with Crippen molar-refractivity contribution < 1.29 is 98.7 Å². The number of aliphatic carboxylic acids is 4. The van der Waals surface area contributed by atoms with Gasteiger partial charge >= 0.3 is 71.1 Å². The first-order valence-corrected chi connectivity index (χ1v) is 5.09. The molecule has 22 heavy (non-hydrogen) atoms. The van der Waals surface area contributed by atoms with Gasteiger partial charge in [-0.25, -0.2) is 0 Å². The summed E-state index contributed by atoms with van der Waals surface area (Å²) in [6, 6.07) is 0. The average molecular weight is 342 g/mol. The summed E-state index contributed by atoms with van der Waals surface area (Å²) in [7, 11) is 3.18. The maximum absolute atomic E-state index is 9.54. The average Bonchev–Trinajstić information content (AvgIpc) is 2.15. The molecule has 0 rings (SSSR count). The van der Waals surface area contributed by atoms with Gasteiger partial charge in [-0.1, -0.05) is 0 Å². The second-order valence-electron chi connectivity index (χ2n) is 2.83. The second kappa shape index (κ2) is 32.7. The van der Waals surface area contributed by atoms with Gasteiger partial charge in [0.15, 0.2) is 0 Å². The van der Waals surface area contributed by atoms with Crippen LogP contribution in [-0.4, -0.2) is 61.3 Å². The van der Waals surface area contributed by atoms with Gasteiger partial charge in [-0.15, -0.1) is 0 Å². The van der Waals surface area contributed by atoms with Gasteiger partial charge in [0.05, 0.1) is 13.1 Å². The Balaban J connectivity index is -0.0000000383. The smallest absolute Gasteiger partial charge is 0.550 e. The van der Waals surface area contributed by atoms with E-state index in [1.165, 1.54) is 0 Å². The zero-order valence-electron chi connectivity index (χ0n) is 13.8. The number of carboxylic acid groups (broad SMARTS) is 4. The molecule has 0 radical (unpaired) electrons. The number of carbonyl (C=O) groups is 4. The fraction of sp³-hybridized carbons (Fsp3) is 0.600. The van der Waals surface area contributed by atoms with Crippen molar-refractivity contribution in [2.45, 2.75) is 13.8 Å². The molecule has 0 amide bonds. The van der Waals surface area contributed by atoms with E-state index in [1.807, 2.05) is 0 Å². The van der Waals surface area contributed by atoms with Crippen LogP contribution in [0.4, 0.5) is 0 Å². The Labute approximate surface area is 173 Å². The van der Waals surface area contributed by atoms with E-state index in [4.69, 9.17) is 30.0 Å². The zero-order valence-corrected chi connectivity index (χ0v) is 17.8. The summed E-state index contributed by atoms with van der Waals surface area (Å²) in [5, 5.41) is 38.4. The zero-order chi connectivity index (χ0) is 17.1. The van der Waals surface area contributed by atoms with Gasteiger partial charge in [-0.3, -0.25) is 9.59 Å². The first-order chi connectivity index (χ1) is 9.00. The molecular formula is C10H20N2Na2O8. The normalized spacial score (nSPS) is 6.73. The standard InChI is InChI=1S/2C3H7NO2.2C2H4O2.2Na/c2*1-4-2-3(5)6;2*1-2(3)4;;/h2*4H,2H2,1H3,(H,5,6);2*1H3,(H,3,4);;/q;;;;2*+1/p-2. The Morgan fingerprint density at radius 3 is 0.909 bits per heavy atom. The van der Waals surface area contributed by atoms with E-state index >= 15 is 0 Å². The summed E-state index contributed by atoms with van der Waals surface area (Å²) < 4.78 is 0. The van der Waals surface area contributed by atoms with Gasteiger partial charge in [0, 0.05) is 11.9 Å². The van der Waals surface area contributed by atoms with Crippen molar-refractivity contribution in [3.63, 3.8) is 0 Å². The summed E-state index contributed by atoms with van der Waals surface area (Å²) in [5.41, 5.74) is 0. The van der Waals surface area contributed by atoms with E-state index in [-0.39, 0.29) is 72.2 Å². The van der Waals surface area contributed by atoms with Crippen molar-refractivity contribution in [1.29, 1.82) is 0 Å². The molecule has 0 aliphatic carbocycles. The van der Waals surface area contributed by atoms with E-state index in [2.05, 4.69) is 10.6 Å². The van der Waals surface area contributed by atoms with E-state index in [1.54, 1.807) is 14.1 Å². The third-order valence-electron chi connectivity index (χ3n) is 0.656. The molecule has 0 aromatic heterocycles. The molecule has 0 aromatic carbocycles. The molecule has 0 spiro atoms. The van der Waals surface area contributed by atoms with E-state index < -0.39 is 23.9 Å². The van der Waals surface area contributed by atoms with Crippen molar-refractivity contribution in [1.82, 2.24) is 10.6 Å². The first-order valence-electron chi connectivity index (χ1n) is 5.09. The number of nitrogens with one attached hydrogen (secondary N) is 2. The van der Waals surface area contributed by atoms with Crippen LogP contribution in [-0.2, 0) is 19.2 Å². The first kappa shape index (κ1) is 37.8. The van der Waals surface area contributed by atoms with Crippen molar-refractivity contribution in [3.05, 3.63) is 0 Å². The molecule has 0 aliphatic heterocycles. The molecule has 0 saturated heterocycles. The second-order valence-corrected chi connectivity index (χ2v) is 2.83. The van der Waals surface area contributed by atoms with Crippen LogP contribution >= 0.6 is 0 Å². The van der Waals surface area contributed by atoms with Gasteiger partial charge in [-0.05, 0) is 27.9 Å². The largest absolute Gasteiger partial charge is 1.00 e. The van der Waals surface area contributed by atoms with Crippen molar-refractivity contribution in [2.75, 3.05) is 27.2 Å². The number of hydrogen-bond donors (Lipinski definition) is 4. The number of likely N-dealkylation sites (N-methyl/N-ethyl adjacent to an activating group) is 2. The van der Waals surface area contributed by atoms with Gasteiger partial charge in [0.25, 0.3) is 0 Å². The Morgan fingerprint density at radius 1 is 0.773 bits per heavy atom. The summed E-state index contributed by atoms with van der Waals surface area (Å²) in [5.74, 6) is -3.81. The van der Waals surface area contributed by atoms with Crippen LogP contribution in [0.3, 0.4) is 0 Å². The van der Waals surface area contributed by atoms with Crippen molar-refractivity contribution in [3.8, 4) is 0 Å². The van der Waals surface area contributed by atoms with Gasteiger partial charge in [0.2, 0.25) is 0 Å². The summed E-state index contributed by atoms with van der Waals surface area (Å²) in [4.78, 5) is 36.9. The monoisotopic (exact) mass is 342 g/mol. The molecule has 12 heteroatoms. The Kier molecular flexibility index (Phi) is 56.1. The molecule has 120 valence electrons. The topological polar surface area (TPSA) is 179 Å². The van der Waals surface area contributed by atoms with E-state index in [0.717, 1.165) is 13.8 Å². The molecule has 0 heterocycles. The van der Waals surface area contributed by atoms with Gasteiger partial charge in [-0.2, -0.15) is 0 Å². The molecule has 0 aromatic rings. The summed E-state index contributed by atoms with van der Waals surface area (Å²) in [6.07, 6.45) is 0. The van der Waals surface area contributed by atoms with Crippen LogP contribution < -0.4 is 80.0 Å². The van der Waals surface area contributed by atoms with Crippen LogP contribution in [0.5, 0.6) is 0 Å². The Hall–Kier alpha value is -0.200. The minimum atomic E-state index is -1.08. The third kappa shape index (κ3) is 208. The molecule has 10 nitrogen and oxygen atoms in total. The maximum Gasteiger partial charge on any atom is 1.00 e. The number of carbonyl (C=O) groups excluding carboxylic acids is 2. The van der Waals surface area contributed by atoms with E-state index in [9.17, 15) is 9.59 Å². The number of carboxylic acids is 4. The van der Waals surface area contributed by atoms with Crippen LogP contribution in [0.15, 0.2) is 0 Å². The fourth-order valence-electron chi connectivity index (χ4n) is 0.302. The fourth-order valence-corrected chi connectivity index (χ4v) is 0.302. The van der Waals surface area contributed by atoms with Crippen LogP contribution in [0.2, 0.25) is 0 Å². The number of rotatable bonds is 4. The van der Waals surface area contributed by atoms with E-state index in [0.29, 0.717) is 0 Å². The molecule has 0 unspecified atom stereocenters. The molecule has 0 fully saturated rings. The molecule has 4 N–H and O–H groups in total. The van der Waals surface area contributed by atoms with Gasteiger partial charge in [0.1, 0.15) is 0 Å². The minimum absolute atomic E-state index is 0. The van der Waals surface area contributed by atoms with Gasteiger partial charge < -0.3 is 40.6 Å².